The third-order valence-electron chi connectivity index (χ3n) is 1.96. The lowest BCUT2D eigenvalue weighted by Crippen LogP contribution is -2.29. The van der Waals surface area contributed by atoms with Gasteiger partial charge in [0.15, 0.2) is 0 Å². The molecule has 0 atom stereocenters. The van der Waals surface area contributed by atoms with Crippen molar-refractivity contribution < 1.29 is 13.6 Å². The Labute approximate surface area is 92.8 Å². The van der Waals surface area contributed by atoms with Gasteiger partial charge in [0.2, 0.25) is 0 Å². The number of carbonyl (C=O) groups is 1. The Bertz CT molecular complexity index is 356. The topological polar surface area (TPSA) is 41.1 Å². The summed E-state index contributed by atoms with van der Waals surface area (Å²) in [5, 5.41) is 5.16. The van der Waals surface area contributed by atoms with E-state index in [1.165, 1.54) is 0 Å². The zero-order valence-electron chi connectivity index (χ0n) is 8.97. The summed E-state index contributed by atoms with van der Waals surface area (Å²) in [6.07, 6.45) is -2.53. The predicted molar refractivity (Wildman–Crippen MR) is 58.9 cm³/mol. The van der Waals surface area contributed by atoms with Gasteiger partial charge in [0.1, 0.15) is 0 Å². The van der Waals surface area contributed by atoms with Crippen molar-refractivity contribution in [3.8, 4) is 0 Å². The van der Waals surface area contributed by atoms with Crippen LogP contribution in [0.25, 0.3) is 0 Å². The second-order valence-electron chi connectivity index (χ2n) is 3.18. The van der Waals surface area contributed by atoms with Gasteiger partial charge < -0.3 is 10.6 Å². The standard InChI is InChI=1S/C11H14F2N2O/c1-2-14-9-6-4-3-5-8(9)11(16)15-7-10(12)13/h3-6,10,14H,2,7H2,1H3,(H,15,16). The number of alkyl halides is 2. The Morgan fingerprint density at radius 2 is 2.06 bits per heavy atom. The van der Waals surface area contributed by atoms with E-state index < -0.39 is 18.9 Å². The van der Waals surface area contributed by atoms with Crippen LogP contribution in [0.1, 0.15) is 17.3 Å². The Morgan fingerprint density at radius 1 is 1.38 bits per heavy atom. The first-order valence-electron chi connectivity index (χ1n) is 5.04. The van der Waals surface area contributed by atoms with Gasteiger partial charge in [-0.05, 0) is 19.1 Å². The second kappa shape index (κ2) is 6.05. The van der Waals surface area contributed by atoms with E-state index in [0.717, 1.165) is 0 Å². The van der Waals surface area contributed by atoms with Crippen LogP contribution in [0.2, 0.25) is 0 Å². The first kappa shape index (κ1) is 12.4. The molecule has 0 aliphatic heterocycles. The second-order valence-corrected chi connectivity index (χ2v) is 3.18. The molecule has 1 amide bonds. The van der Waals surface area contributed by atoms with E-state index in [9.17, 15) is 13.6 Å². The van der Waals surface area contributed by atoms with Gasteiger partial charge in [0.25, 0.3) is 12.3 Å². The van der Waals surface area contributed by atoms with Crippen molar-refractivity contribution in [2.24, 2.45) is 0 Å². The van der Waals surface area contributed by atoms with E-state index in [1.807, 2.05) is 6.92 Å². The molecule has 16 heavy (non-hydrogen) atoms. The van der Waals surface area contributed by atoms with Crippen LogP contribution in [0.4, 0.5) is 14.5 Å². The van der Waals surface area contributed by atoms with E-state index in [1.54, 1.807) is 24.3 Å². The fourth-order valence-electron chi connectivity index (χ4n) is 1.29. The lowest BCUT2D eigenvalue weighted by molar-refractivity contribution is 0.0892. The molecule has 0 fully saturated rings. The Kier molecular flexibility index (Phi) is 4.69. The van der Waals surface area contributed by atoms with E-state index in [0.29, 0.717) is 17.8 Å². The van der Waals surface area contributed by atoms with Crippen molar-refractivity contribution in [3.63, 3.8) is 0 Å². The number of hydrogen-bond acceptors (Lipinski definition) is 2. The summed E-state index contributed by atoms with van der Waals surface area (Å²) >= 11 is 0. The molecular formula is C11H14F2N2O. The normalized spacial score (nSPS) is 10.2. The number of amides is 1. The van der Waals surface area contributed by atoms with E-state index in [4.69, 9.17) is 0 Å². The lowest BCUT2D eigenvalue weighted by Gasteiger charge is -2.10. The maximum Gasteiger partial charge on any atom is 0.255 e. The maximum atomic E-state index is 11.9. The highest BCUT2D eigenvalue weighted by molar-refractivity contribution is 5.99. The number of anilines is 1. The van der Waals surface area contributed by atoms with Gasteiger partial charge in [-0.1, -0.05) is 12.1 Å². The Morgan fingerprint density at radius 3 is 2.69 bits per heavy atom. The lowest BCUT2D eigenvalue weighted by atomic mass is 10.1. The molecule has 1 rings (SSSR count). The molecule has 0 spiro atoms. The highest BCUT2D eigenvalue weighted by Crippen LogP contribution is 2.14. The van der Waals surface area contributed by atoms with Gasteiger partial charge in [-0.2, -0.15) is 0 Å². The molecule has 0 saturated heterocycles. The summed E-state index contributed by atoms with van der Waals surface area (Å²) in [4.78, 5) is 11.6. The van der Waals surface area contributed by atoms with Crippen molar-refractivity contribution in [3.05, 3.63) is 29.8 Å². The smallest absolute Gasteiger partial charge is 0.255 e. The molecule has 0 aliphatic carbocycles. The van der Waals surface area contributed by atoms with Crippen LogP contribution in [0.5, 0.6) is 0 Å². The largest absolute Gasteiger partial charge is 0.385 e. The zero-order chi connectivity index (χ0) is 12.0. The average Bonchev–Trinajstić information content (AvgIpc) is 2.27. The molecule has 5 heteroatoms. The van der Waals surface area contributed by atoms with Crippen LogP contribution >= 0.6 is 0 Å². The number of rotatable bonds is 5. The minimum absolute atomic E-state index is 0.380. The number of halogens is 2. The Balaban J connectivity index is 2.73. The van der Waals surface area contributed by atoms with Gasteiger partial charge in [0.05, 0.1) is 12.1 Å². The molecule has 0 aromatic heterocycles. The third-order valence-corrected chi connectivity index (χ3v) is 1.96. The van der Waals surface area contributed by atoms with Crippen LogP contribution in [0.3, 0.4) is 0 Å². The Hall–Kier alpha value is -1.65. The van der Waals surface area contributed by atoms with Gasteiger partial charge >= 0.3 is 0 Å². The molecule has 88 valence electrons. The highest BCUT2D eigenvalue weighted by Gasteiger charge is 2.11. The molecule has 0 saturated carbocycles. The number of para-hydroxylation sites is 1. The number of carbonyl (C=O) groups excluding carboxylic acids is 1. The molecule has 0 radical (unpaired) electrons. The third kappa shape index (κ3) is 3.49. The molecule has 2 N–H and O–H groups in total. The fourth-order valence-corrected chi connectivity index (χ4v) is 1.29. The predicted octanol–water partition coefficient (Wildman–Crippen LogP) is 2.11. The van der Waals surface area contributed by atoms with Crippen molar-refractivity contribution in [1.82, 2.24) is 5.32 Å². The van der Waals surface area contributed by atoms with Crippen LogP contribution in [-0.4, -0.2) is 25.4 Å². The molecule has 1 aromatic rings. The van der Waals surface area contributed by atoms with Gasteiger partial charge in [-0.25, -0.2) is 8.78 Å². The molecule has 0 unspecified atom stereocenters. The first-order valence-corrected chi connectivity index (χ1v) is 5.04. The van der Waals surface area contributed by atoms with E-state index in [-0.39, 0.29) is 0 Å². The van der Waals surface area contributed by atoms with Crippen LogP contribution in [0.15, 0.2) is 24.3 Å². The van der Waals surface area contributed by atoms with Crippen molar-refractivity contribution in [2.75, 3.05) is 18.4 Å². The summed E-state index contributed by atoms with van der Waals surface area (Å²) in [6.45, 7) is 1.94. The summed E-state index contributed by atoms with van der Waals surface area (Å²) in [6, 6.07) is 6.81. The number of nitrogens with one attached hydrogen (secondary N) is 2. The summed E-state index contributed by atoms with van der Waals surface area (Å²) in [5.74, 6) is -0.489. The fraction of sp³-hybridized carbons (Fsp3) is 0.364. The van der Waals surface area contributed by atoms with Crippen molar-refractivity contribution >= 4 is 11.6 Å². The van der Waals surface area contributed by atoms with Crippen LogP contribution in [0, 0.1) is 0 Å². The molecule has 0 heterocycles. The monoisotopic (exact) mass is 228 g/mol. The molecule has 3 nitrogen and oxygen atoms in total. The molecule has 1 aromatic carbocycles. The summed E-state index contributed by atoms with van der Waals surface area (Å²) in [7, 11) is 0. The highest BCUT2D eigenvalue weighted by atomic mass is 19.3. The van der Waals surface area contributed by atoms with Crippen LogP contribution < -0.4 is 10.6 Å². The van der Waals surface area contributed by atoms with Gasteiger partial charge in [0, 0.05) is 12.2 Å². The molecule has 0 bridgehead atoms. The number of benzene rings is 1. The number of hydrogen-bond donors (Lipinski definition) is 2. The van der Waals surface area contributed by atoms with Crippen molar-refractivity contribution in [2.45, 2.75) is 13.3 Å². The van der Waals surface area contributed by atoms with Gasteiger partial charge in [-0.3, -0.25) is 4.79 Å². The molecule has 0 aliphatic rings. The van der Waals surface area contributed by atoms with Crippen molar-refractivity contribution in [1.29, 1.82) is 0 Å². The van der Waals surface area contributed by atoms with E-state index in [2.05, 4.69) is 10.6 Å². The first-order chi connectivity index (χ1) is 7.65. The van der Waals surface area contributed by atoms with Gasteiger partial charge in [-0.15, -0.1) is 0 Å². The van der Waals surface area contributed by atoms with E-state index >= 15 is 0 Å². The molecular weight excluding hydrogens is 214 g/mol. The maximum absolute atomic E-state index is 11.9. The SMILES string of the molecule is CCNc1ccccc1C(=O)NCC(F)F. The minimum Gasteiger partial charge on any atom is -0.385 e. The van der Waals surface area contributed by atoms with Crippen LogP contribution in [-0.2, 0) is 0 Å². The summed E-state index contributed by atoms with van der Waals surface area (Å²) in [5.41, 5.74) is 1.03. The average molecular weight is 228 g/mol. The zero-order valence-corrected chi connectivity index (χ0v) is 8.97. The summed E-state index contributed by atoms with van der Waals surface area (Å²) < 4.78 is 23.9. The quantitative estimate of drug-likeness (QED) is 0.810. The minimum atomic E-state index is -2.53.